The molecule has 3 aromatic rings. The van der Waals surface area contributed by atoms with E-state index in [-0.39, 0.29) is 17.4 Å². The molecule has 3 N–H and O–H groups in total. The number of piperidine rings is 1. The molecule has 32 heavy (non-hydrogen) atoms. The highest BCUT2D eigenvalue weighted by molar-refractivity contribution is 7.18. The molecule has 1 aliphatic heterocycles. The second kappa shape index (κ2) is 10.0. The Morgan fingerprint density at radius 3 is 2.59 bits per heavy atom. The first-order valence-electron chi connectivity index (χ1n) is 10.3. The summed E-state index contributed by atoms with van der Waals surface area (Å²) in [5.74, 6) is 0.0225. The first-order valence-corrected chi connectivity index (χ1v) is 11.5. The third-order valence-electron chi connectivity index (χ3n) is 5.46. The number of hydrogen-bond acceptors (Lipinski definition) is 7. The van der Waals surface area contributed by atoms with E-state index in [1.54, 1.807) is 42.7 Å². The Morgan fingerprint density at radius 2 is 1.91 bits per heavy atom. The maximum Gasteiger partial charge on any atom is 0.411 e. The average Bonchev–Trinajstić information content (AvgIpc) is 3.26. The maximum atomic E-state index is 12.9. The number of pyridine rings is 1. The summed E-state index contributed by atoms with van der Waals surface area (Å²) in [5, 5.41) is 2.66. The maximum absolute atomic E-state index is 12.9. The molecule has 0 spiro atoms. The standard InChI is InChI=1S/C23H23ClN4O3S/c24-20-5-4-19(32-20)22(29)17-2-1-3-18(25)21(17)27-23(30)31-14-15-8-12-28(13-9-15)16-6-10-26-11-7-16/h1-7,10-11,15H,8-9,12-14,25H2,(H,27,30). The van der Waals surface area contributed by atoms with Gasteiger partial charge in [0.05, 0.1) is 27.2 Å². The Morgan fingerprint density at radius 1 is 1.16 bits per heavy atom. The van der Waals surface area contributed by atoms with Crippen molar-refractivity contribution in [3.8, 4) is 0 Å². The van der Waals surface area contributed by atoms with Gasteiger partial charge in [-0.15, -0.1) is 11.3 Å². The summed E-state index contributed by atoms with van der Waals surface area (Å²) in [4.78, 5) is 32.2. The minimum atomic E-state index is -0.627. The van der Waals surface area contributed by atoms with Crippen LogP contribution in [0.2, 0.25) is 4.34 Å². The Kier molecular flexibility index (Phi) is 6.92. The molecule has 1 saturated heterocycles. The lowest BCUT2D eigenvalue weighted by atomic mass is 9.97. The number of ketones is 1. The van der Waals surface area contributed by atoms with Crippen LogP contribution in [0.3, 0.4) is 0 Å². The minimum absolute atomic E-state index is 0.250. The number of nitrogens with two attached hydrogens (primary N) is 1. The van der Waals surface area contributed by atoms with E-state index in [1.807, 2.05) is 12.1 Å². The number of halogens is 1. The number of benzene rings is 1. The number of carbonyl (C=O) groups is 2. The summed E-state index contributed by atoms with van der Waals surface area (Å²) in [7, 11) is 0. The Bertz CT molecular complexity index is 1100. The van der Waals surface area contributed by atoms with Crippen LogP contribution in [0.25, 0.3) is 0 Å². The van der Waals surface area contributed by atoms with Crippen molar-refractivity contribution >= 4 is 51.9 Å². The third-order valence-corrected chi connectivity index (χ3v) is 6.69. The summed E-state index contributed by atoms with van der Waals surface area (Å²) >= 11 is 7.13. The molecule has 1 aliphatic rings. The van der Waals surface area contributed by atoms with Crippen LogP contribution in [0.1, 0.15) is 28.1 Å². The van der Waals surface area contributed by atoms with Crippen molar-refractivity contribution < 1.29 is 14.3 Å². The summed E-state index contributed by atoms with van der Waals surface area (Å²) in [5.41, 5.74) is 8.04. The molecule has 0 aliphatic carbocycles. The SMILES string of the molecule is Nc1cccc(C(=O)c2ccc(Cl)s2)c1NC(=O)OCC1CCN(c2ccncc2)CC1. The second-order valence-electron chi connectivity index (χ2n) is 7.56. The van der Waals surface area contributed by atoms with Gasteiger partial charge >= 0.3 is 6.09 Å². The first kappa shape index (κ1) is 22.1. The van der Waals surface area contributed by atoms with Crippen LogP contribution in [-0.4, -0.2) is 36.6 Å². The highest BCUT2D eigenvalue weighted by Gasteiger charge is 2.22. The van der Waals surface area contributed by atoms with Crippen molar-refractivity contribution in [1.29, 1.82) is 0 Å². The molecule has 1 amide bonds. The van der Waals surface area contributed by atoms with Crippen LogP contribution in [0, 0.1) is 5.92 Å². The molecule has 2 aromatic heterocycles. The van der Waals surface area contributed by atoms with Crippen LogP contribution >= 0.6 is 22.9 Å². The molecule has 9 heteroatoms. The van der Waals surface area contributed by atoms with Gasteiger partial charge in [-0.05, 0) is 55.2 Å². The number of nitrogen functional groups attached to an aromatic ring is 1. The Balaban J connectivity index is 1.33. The summed E-state index contributed by atoms with van der Waals surface area (Å²) in [6.07, 6.45) is 4.79. The molecule has 166 valence electrons. The van der Waals surface area contributed by atoms with E-state index in [2.05, 4.69) is 15.2 Å². The largest absolute Gasteiger partial charge is 0.449 e. The molecule has 3 heterocycles. The molecular formula is C23H23ClN4O3S. The quantitative estimate of drug-likeness (QED) is 0.385. The summed E-state index contributed by atoms with van der Waals surface area (Å²) in [6, 6.07) is 12.2. The Labute approximate surface area is 195 Å². The number of thiophene rings is 1. The predicted molar refractivity (Wildman–Crippen MR) is 128 cm³/mol. The van der Waals surface area contributed by atoms with Crippen molar-refractivity contribution in [1.82, 2.24) is 4.98 Å². The van der Waals surface area contributed by atoms with Crippen LogP contribution < -0.4 is 16.0 Å². The fourth-order valence-electron chi connectivity index (χ4n) is 3.71. The molecule has 0 bridgehead atoms. The van der Waals surface area contributed by atoms with E-state index in [0.29, 0.717) is 27.1 Å². The molecule has 0 unspecified atom stereocenters. The van der Waals surface area contributed by atoms with Gasteiger partial charge in [-0.25, -0.2) is 4.79 Å². The first-order chi connectivity index (χ1) is 15.5. The number of anilines is 3. The number of amides is 1. The molecule has 0 saturated carbocycles. The zero-order valence-corrected chi connectivity index (χ0v) is 18.9. The van der Waals surface area contributed by atoms with Crippen LogP contribution in [0.15, 0.2) is 54.9 Å². The summed E-state index contributed by atoms with van der Waals surface area (Å²) in [6.45, 7) is 2.10. The average molecular weight is 471 g/mol. The van der Waals surface area contributed by atoms with Gasteiger partial charge in [0.1, 0.15) is 0 Å². The number of carbonyl (C=O) groups excluding carboxylic acids is 2. The number of aromatic nitrogens is 1. The van der Waals surface area contributed by atoms with Gasteiger partial charge in [0.25, 0.3) is 0 Å². The zero-order valence-electron chi connectivity index (χ0n) is 17.3. The number of nitrogens with zero attached hydrogens (tertiary/aromatic N) is 2. The fourth-order valence-corrected chi connectivity index (χ4v) is 4.71. The van der Waals surface area contributed by atoms with Gasteiger partial charge in [-0.2, -0.15) is 0 Å². The zero-order chi connectivity index (χ0) is 22.5. The molecule has 0 radical (unpaired) electrons. The monoisotopic (exact) mass is 470 g/mol. The van der Waals surface area contributed by atoms with Gasteiger partial charge in [0.2, 0.25) is 5.78 Å². The van der Waals surface area contributed by atoms with E-state index in [4.69, 9.17) is 22.1 Å². The number of para-hydroxylation sites is 1. The molecular weight excluding hydrogens is 448 g/mol. The highest BCUT2D eigenvalue weighted by atomic mass is 35.5. The predicted octanol–water partition coefficient (Wildman–Crippen LogP) is 5.07. The second-order valence-corrected chi connectivity index (χ2v) is 9.28. The van der Waals surface area contributed by atoms with E-state index in [9.17, 15) is 9.59 Å². The van der Waals surface area contributed by atoms with E-state index >= 15 is 0 Å². The minimum Gasteiger partial charge on any atom is -0.449 e. The fraction of sp³-hybridized carbons (Fsp3) is 0.261. The smallest absolute Gasteiger partial charge is 0.411 e. The van der Waals surface area contributed by atoms with Gasteiger partial charge < -0.3 is 15.4 Å². The van der Waals surface area contributed by atoms with Gasteiger partial charge in [-0.3, -0.25) is 15.1 Å². The Hall–Kier alpha value is -3.10. The highest BCUT2D eigenvalue weighted by Crippen LogP contribution is 2.30. The normalized spacial score (nSPS) is 14.2. The van der Waals surface area contributed by atoms with Crippen LogP contribution in [-0.2, 0) is 4.74 Å². The number of ether oxygens (including phenoxy) is 1. The number of rotatable bonds is 6. The van der Waals surface area contributed by atoms with Gasteiger partial charge in [0.15, 0.2) is 0 Å². The molecule has 1 fully saturated rings. The topological polar surface area (TPSA) is 97.5 Å². The lowest BCUT2D eigenvalue weighted by Crippen LogP contribution is -2.35. The molecule has 1 aromatic carbocycles. The van der Waals surface area contributed by atoms with E-state index < -0.39 is 6.09 Å². The van der Waals surface area contributed by atoms with Crippen molar-refractivity contribution in [2.75, 3.05) is 35.6 Å². The third kappa shape index (κ3) is 5.20. The van der Waals surface area contributed by atoms with E-state index in [0.717, 1.165) is 31.6 Å². The number of hydrogen-bond donors (Lipinski definition) is 2. The number of nitrogens with one attached hydrogen (secondary N) is 1. The van der Waals surface area contributed by atoms with E-state index in [1.165, 1.54) is 11.3 Å². The molecule has 0 atom stereocenters. The van der Waals surface area contributed by atoms with Crippen molar-refractivity contribution in [3.63, 3.8) is 0 Å². The van der Waals surface area contributed by atoms with Crippen molar-refractivity contribution in [3.05, 3.63) is 69.6 Å². The van der Waals surface area contributed by atoms with Gasteiger partial charge in [0, 0.05) is 36.7 Å². The summed E-state index contributed by atoms with van der Waals surface area (Å²) < 4.78 is 5.98. The lowest BCUT2D eigenvalue weighted by molar-refractivity contribution is 0.104. The van der Waals surface area contributed by atoms with Crippen LogP contribution in [0.5, 0.6) is 0 Å². The molecule has 4 rings (SSSR count). The van der Waals surface area contributed by atoms with Crippen molar-refractivity contribution in [2.24, 2.45) is 5.92 Å². The molecule has 7 nitrogen and oxygen atoms in total. The van der Waals surface area contributed by atoms with Crippen LogP contribution in [0.4, 0.5) is 21.9 Å². The lowest BCUT2D eigenvalue weighted by Gasteiger charge is -2.33. The van der Waals surface area contributed by atoms with Gasteiger partial charge in [-0.1, -0.05) is 17.7 Å². The van der Waals surface area contributed by atoms with Crippen molar-refractivity contribution in [2.45, 2.75) is 12.8 Å².